The summed E-state index contributed by atoms with van der Waals surface area (Å²) in [5.74, 6) is -1.27. The summed E-state index contributed by atoms with van der Waals surface area (Å²) in [7, 11) is 1.53. The lowest BCUT2D eigenvalue weighted by molar-refractivity contribution is -0.144. The lowest BCUT2D eigenvalue weighted by Crippen LogP contribution is -2.54. The SMILES string of the molecule is COc1ccc(N2C(=O)/C(=C\c3ccc(O[C@@H](C)C(=O)O)cc3)C(=O)NC2=S)cc1. The molecule has 2 amide bonds. The molecule has 0 unspecified atom stereocenters. The van der Waals surface area contributed by atoms with Gasteiger partial charge in [-0.3, -0.25) is 19.8 Å². The molecule has 1 aliphatic rings. The standard InChI is InChI=1S/C21H18N2O6S/c1-12(20(26)27)29-16-7-3-13(4-8-16)11-17-18(24)22-21(30)23(19(17)25)14-5-9-15(28-2)10-6-14/h3-12H,1-2H3,(H,26,27)(H,22,24,30)/b17-11-/t12-/m0/s1. The number of nitrogens with one attached hydrogen (secondary N) is 1. The quantitative estimate of drug-likeness (QED) is 0.415. The number of carbonyl (C=O) groups is 3. The molecule has 2 aromatic rings. The Balaban J connectivity index is 1.85. The van der Waals surface area contributed by atoms with Crippen molar-refractivity contribution >= 4 is 46.9 Å². The summed E-state index contributed by atoms with van der Waals surface area (Å²) in [6.07, 6.45) is 0.430. The number of ether oxygens (including phenoxy) is 2. The average molecular weight is 426 g/mol. The highest BCUT2D eigenvalue weighted by molar-refractivity contribution is 7.80. The maximum absolute atomic E-state index is 13.0. The highest BCUT2D eigenvalue weighted by Gasteiger charge is 2.34. The number of carboxylic acids is 1. The van der Waals surface area contributed by atoms with Crippen LogP contribution in [0.5, 0.6) is 11.5 Å². The van der Waals surface area contributed by atoms with Crippen molar-refractivity contribution in [2.75, 3.05) is 12.0 Å². The van der Waals surface area contributed by atoms with E-state index >= 15 is 0 Å². The van der Waals surface area contributed by atoms with Gasteiger partial charge < -0.3 is 14.6 Å². The summed E-state index contributed by atoms with van der Waals surface area (Å²) in [6, 6.07) is 13.0. The molecule has 9 heteroatoms. The second kappa shape index (κ2) is 8.75. The molecule has 30 heavy (non-hydrogen) atoms. The van der Waals surface area contributed by atoms with E-state index in [9.17, 15) is 14.4 Å². The number of amides is 2. The van der Waals surface area contributed by atoms with Gasteiger partial charge in [-0.15, -0.1) is 0 Å². The zero-order valence-corrected chi connectivity index (χ0v) is 16.9. The molecule has 0 saturated carbocycles. The predicted octanol–water partition coefficient (Wildman–Crippen LogP) is 2.38. The number of benzene rings is 2. The first-order valence-electron chi connectivity index (χ1n) is 8.85. The third-order valence-electron chi connectivity index (χ3n) is 4.28. The van der Waals surface area contributed by atoms with Crippen LogP contribution in [0.25, 0.3) is 6.08 Å². The molecule has 2 aromatic carbocycles. The van der Waals surface area contributed by atoms with Crippen molar-refractivity contribution in [2.45, 2.75) is 13.0 Å². The Morgan fingerprint density at radius 1 is 1.10 bits per heavy atom. The van der Waals surface area contributed by atoms with E-state index in [1.54, 1.807) is 48.5 Å². The zero-order chi connectivity index (χ0) is 21.8. The third kappa shape index (κ3) is 4.47. The van der Waals surface area contributed by atoms with E-state index in [0.29, 0.717) is 22.7 Å². The number of aliphatic carboxylic acids is 1. The Kier molecular flexibility index (Phi) is 6.12. The van der Waals surface area contributed by atoms with Crippen LogP contribution >= 0.6 is 12.2 Å². The highest BCUT2D eigenvalue weighted by atomic mass is 32.1. The zero-order valence-electron chi connectivity index (χ0n) is 16.1. The van der Waals surface area contributed by atoms with Gasteiger partial charge in [0.05, 0.1) is 12.8 Å². The van der Waals surface area contributed by atoms with Gasteiger partial charge in [-0.25, -0.2) is 4.79 Å². The van der Waals surface area contributed by atoms with Gasteiger partial charge in [-0.2, -0.15) is 0 Å². The van der Waals surface area contributed by atoms with Crippen LogP contribution < -0.4 is 19.7 Å². The lowest BCUT2D eigenvalue weighted by Gasteiger charge is -2.29. The Morgan fingerprint density at radius 2 is 1.70 bits per heavy atom. The van der Waals surface area contributed by atoms with Crippen LogP contribution in [0.4, 0.5) is 5.69 Å². The van der Waals surface area contributed by atoms with E-state index in [-0.39, 0.29) is 10.7 Å². The molecule has 0 spiro atoms. The number of carboxylic acid groups (broad SMARTS) is 1. The predicted molar refractivity (Wildman–Crippen MR) is 113 cm³/mol. The van der Waals surface area contributed by atoms with Crippen LogP contribution in [0, 0.1) is 0 Å². The van der Waals surface area contributed by atoms with Crippen LogP contribution in [-0.4, -0.2) is 41.2 Å². The van der Waals surface area contributed by atoms with E-state index in [1.807, 2.05) is 0 Å². The van der Waals surface area contributed by atoms with E-state index in [2.05, 4.69) is 5.32 Å². The van der Waals surface area contributed by atoms with E-state index in [4.69, 9.17) is 26.8 Å². The normalized spacial score (nSPS) is 16.3. The van der Waals surface area contributed by atoms with Crippen LogP contribution in [0.15, 0.2) is 54.1 Å². The monoisotopic (exact) mass is 426 g/mol. The van der Waals surface area contributed by atoms with Crippen molar-refractivity contribution in [1.29, 1.82) is 0 Å². The molecule has 1 aliphatic heterocycles. The lowest BCUT2D eigenvalue weighted by atomic mass is 10.1. The number of nitrogens with zero attached hydrogens (tertiary/aromatic N) is 1. The van der Waals surface area contributed by atoms with Crippen molar-refractivity contribution < 1.29 is 29.0 Å². The Bertz CT molecular complexity index is 1030. The average Bonchev–Trinajstić information content (AvgIpc) is 2.72. The number of anilines is 1. The van der Waals surface area contributed by atoms with Gasteiger partial charge >= 0.3 is 5.97 Å². The fourth-order valence-electron chi connectivity index (χ4n) is 2.69. The largest absolute Gasteiger partial charge is 0.497 e. The minimum Gasteiger partial charge on any atom is -0.497 e. The van der Waals surface area contributed by atoms with Gasteiger partial charge in [-0.1, -0.05) is 12.1 Å². The maximum Gasteiger partial charge on any atom is 0.344 e. The van der Waals surface area contributed by atoms with Gasteiger partial charge in [0.1, 0.15) is 17.1 Å². The molecule has 3 rings (SSSR count). The maximum atomic E-state index is 13.0. The molecule has 0 aliphatic carbocycles. The minimum atomic E-state index is -1.08. The molecular formula is C21H18N2O6S. The van der Waals surface area contributed by atoms with Crippen molar-refractivity contribution in [2.24, 2.45) is 0 Å². The Hall–Kier alpha value is -3.72. The summed E-state index contributed by atoms with van der Waals surface area (Å²) >= 11 is 5.17. The van der Waals surface area contributed by atoms with Gasteiger partial charge in [0.25, 0.3) is 11.8 Å². The molecule has 0 aromatic heterocycles. The molecule has 0 bridgehead atoms. The summed E-state index contributed by atoms with van der Waals surface area (Å²) in [4.78, 5) is 37.4. The van der Waals surface area contributed by atoms with E-state index in [0.717, 1.165) is 0 Å². The van der Waals surface area contributed by atoms with Crippen molar-refractivity contribution in [3.05, 3.63) is 59.7 Å². The van der Waals surface area contributed by atoms with Gasteiger partial charge in [0.2, 0.25) is 0 Å². The first-order chi connectivity index (χ1) is 14.3. The number of thiocarbonyl (C=S) groups is 1. The number of hydrogen-bond acceptors (Lipinski definition) is 6. The Labute approximate surface area is 177 Å². The second-order valence-electron chi connectivity index (χ2n) is 6.32. The van der Waals surface area contributed by atoms with E-state index < -0.39 is 23.9 Å². The van der Waals surface area contributed by atoms with Crippen molar-refractivity contribution in [1.82, 2.24) is 5.32 Å². The number of methoxy groups -OCH3 is 1. The van der Waals surface area contributed by atoms with Crippen LogP contribution in [0.2, 0.25) is 0 Å². The van der Waals surface area contributed by atoms with Gasteiger partial charge in [0, 0.05) is 0 Å². The number of hydrogen-bond donors (Lipinski definition) is 2. The molecule has 1 heterocycles. The molecule has 154 valence electrons. The van der Waals surface area contributed by atoms with Gasteiger partial charge in [-0.05, 0) is 67.2 Å². The molecule has 2 N–H and O–H groups in total. The van der Waals surface area contributed by atoms with E-state index in [1.165, 1.54) is 25.0 Å². The number of rotatable bonds is 6. The third-order valence-corrected chi connectivity index (χ3v) is 4.57. The molecule has 0 radical (unpaired) electrons. The summed E-state index contributed by atoms with van der Waals surface area (Å²) in [5.41, 5.74) is 0.960. The molecule has 1 fully saturated rings. The fourth-order valence-corrected chi connectivity index (χ4v) is 2.97. The highest BCUT2D eigenvalue weighted by Crippen LogP contribution is 2.25. The molecular weight excluding hydrogens is 408 g/mol. The smallest absolute Gasteiger partial charge is 0.344 e. The second-order valence-corrected chi connectivity index (χ2v) is 6.71. The van der Waals surface area contributed by atoms with Crippen LogP contribution in [0.3, 0.4) is 0 Å². The van der Waals surface area contributed by atoms with Crippen molar-refractivity contribution in [3.63, 3.8) is 0 Å². The Morgan fingerprint density at radius 3 is 2.27 bits per heavy atom. The molecule has 1 saturated heterocycles. The summed E-state index contributed by atoms with van der Waals surface area (Å²) in [5, 5.41) is 11.4. The first kappa shape index (κ1) is 21.0. The topological polar surface area (TPSA) is 105 Å². The van der Waals surface area contributed by atoms with Gasteiger partial charge in [0.15, 0.2) is 11.2 Å². The van der Waals surface area contributed by atoms with Crippen molar-refractivity contribution in [3.8, 4) is 11.5 Å². The number of carbonyl (C=O) groups excluding carboxylic acids is 2. The summed E-state index contributed by atoms with van der Waals surface area (Å²) in [6.45, 7) is 1.42. The molecule has 8 nitrogen and oxygen atoms in total. The molecule has 1 atom stereocenters. The van der Waals surface area contributed by atoms with Crippen LogP contribution in [-0.2, 0) is 14.4 Å². The minimum absolute atomic E-state index is 0.0151. The first-order valence-corrected chi connectivity index (χ1v) is 9.26. The fraction of sp³-hybridized carbons (Fsp3) is 0.143. The van der Waals surface area contributed by atoms with Crippen LogP contribution in [0.1, 0.15) is 12.5 Å². The summed E-state index contributed by atoms with van der Waals surface area (Å²) < 4.78 is 10.4.